The molecule has 1 heterocycles. The molecule has 138 valence electrons. The Hall–Kier alpha value is -1.92. The van der Waals surface area contributed by atoms with Crippen molar-refractivity contribution >= 4 is 11.9 Å². The number of rotatable bonds is 9. The summed E-state index contributed by atoms with van der Waals surface area (Å²) >= 11 is 0. The van der Waals surface area contributed by atoms with Crippen LogP contribution in [-0.4, -0.2) is 57.3 Å². The van der Waals surface area contributed by atoms with E-state index in [1.165, 1.54) is 0 Å². The van der Waals surface area contributed by atoms with Gasteiger partial charge in [-0.3, -0.25) is 9.80 Å². The average Bonchev–Trinajstić information content (AvgIpc) is 2.94. The van der Waals surface area contributed by atoms with Crippen LogP contribution in [0.25, 0.3) is 0 Å². The largest absolute Gasteiger partial charge is 0.478 e. The molecular weight excluding hydrogens is 320 g/mol. The molecule has 25 heavy (non-hydrogen) atoms. The first-order valence-corrected chi connectivity index (χ1v) is 8.99. The van der Waals surface area contributed by atoms with Gasteiger partial charge in [0.25, 0.3) is 0 Å². The van der Waals surface area contributed by atoms with Crippen LogP contribution in [0, 0.1) is 0 Å². The van der Waals surface area contributed by atoms with Crippen LogP contribution in [0.2, 0.25) is 0 Å². The van der Waals surface area contributed by atoms with Crippen molar-refractivity contribution in [2.24, 2.45) is 0 Å². The third-order valence-corrected chi connectivity index (χ3v) is 4.71. The Labute approximate surface area is 149 Å². The van der Waals surface area contributed by atoms with E-state index in [1.54, 1.807) is 29.3 Å². The monoisotopic (exact) mass is 348 g/mol. The van der Waals surface area contributed by atoms with E-state index in [4.69, 9.17) is 5.11 Å². The predicted octanol–water partition coefficient (Wildman–Crippen LogP) is 2.32. The Morgan fingerprint density at radius 3 is 2.56 bits per heavy atom. The van der Waals surface area contributed by atoms with Gasteiger partial charge < -0.3 is 10.2 Å². The van der Waals surface area contributed by atoms with E-state index < -0.39 is 5.97 Å². The van der Waals surface area contributed by atoms with Crippen LogP contribution < -0.4 is 0 Å². The van der Waals surface area contributed by atoms with Crippen LogP contribution in [-0.2, 0) is 11.2 Å². The highest BCUT2D eigenvalue weighted by Crippen LogP contribution is 2.20. The van der Waals surface area contributed by atoms with Crippen molar-refractivity contribution in [1.82, 2.24) is 10.0 Å². The van der Waals surface area contributed by atoms with Crippen molar-refractivity contribution in [2.45, 2.75) is 58.1 Å². The molecule has 2 rings (SSSR count). The van der Waals surface area contributed by atoms with Crippen LogP contribution >= 0.6 is 0 Å². The number of hydrazine groups is 1. The zero-order valence-corrected chi connectivity index (χ0v) is 15.0. The lowest BCUT2D eigenvalue weighted by Crippen LogP contribution is -2.46. The fourth-order valence-corrected chi connectivity index (χ4v) is 3.33. The molecule has 1 aromatic rings. The van der Waals surface area contributed by atoms with Gasteiger partial charge in [0.05, 0.1) is 11.7 Å². The van der Waals surface area contributed by atoms with Crippen molar-refractivity contribution in [1.29, 1.82) is 0 Å². The summed E-state index contributed by atoms with van der Waals surface area (Å²) in [5.41, 5.74) is 1.27. The predicted molar refractivity (Wildman–Crippen MR) is 95.1 cm³/mol. The second-order valence-electron chi connectivity index (χ2n) is 6.71. The van der Waals surface area contributed by atoms with Gasteiger partial charge in [-0.15, -0.1) is 0 Å². The molecule has 6 heteroatoms. The molecule has 0 unspecified atom stereocenters. The number of carboxylic acids is 1. The minimum Gasteiger partial charge on any atom is -0.478 e. The maximum Gasteiger partial charge on any atom is 0.335 e. The fraction of sp³-hybridized carbons (Fsp3) is 0.579. The molecule has 1 aliphatic rings. The maximum absolute atomic E-state index is 12.2. The third-order valence-electron chi connectivity index (χ3n) is 4.71. The molecule has 0 bridgehead atoms. The number of carboxylic acid groups (broad SMARTS) is 1. The maximum atomic E-state index is 12.2. The molecule has 2 N–H and O–H groups in total. The molecule has 1 aromatic carbocycles. The Bertz CT molecular complexity index is 588. The highest BCUT2D eigenvalue weighted by atomic mass is 16.4. The average molecular weight is 348 g/mol. The molecule has 0 saturated carbocycles. The van der Waals surface area contributed by atoms with Gasteiger partial charge in [0, 0.05) is 25.6 Å². The van der Waals surface area contributed by atoms with Crippen LogP contribution in [0.15, 0.2) is 24.3 Å². The van der Waals surface area contributed by atoms with Gasteiger partial charge in [-0.05, 0) is 43.9 Å². The zero-order chi connectivity index (χ0) is 18.4. The van der Waals surface area contributed by atoms with E-state index in [1.807, 2.05) is 6.92 Å². The van der Waals surface area contributed by atoms with Crippen molar-refractivity contribution in [3.05, 3.63) is 35.4 Å². The van der Waals surface area contributed by atoms with Gasteiger partial charge in [0.15, 0.2) is 0 Å². The van der Waals surface area contributed by atoms with Crippen molar-refractivity contribution in [2.75, 3.05) is 13.1 Å². The number of nitrogens with zero attached hydrogens (tertiary/aromatic N) is 2. The Morgan fingerprint density at radius 1 is 1.28 bits per heavy atom. The Morgan fingerprint density at radius 2 is 1.96 bits per heavy atom. The number of hydrogen-bond acceptors (Lipinski definition) is 4. The fourth-order valence-electron chi connectivity index (χ4n) is 3.33. The highest BCUT2D eigenvalue weighted by Gasteiger charge is 2.32. The molecule has 0 radical (unpaired) electrons. The van der Waals surface area contributed by atoms with E-state index in [9.17, 15) is 14.7 Å². The van der Waals surface area contributed by atoms with Gasteiger partial charge in [0.1, 0.15) is 0 Å². The lowest BCUT2D eigenvalue weighted by molar-refractivity contribution is -0.141. The summed E-state index contributed by atoms with van der Waals surface area (Å²) in [5.74, 6) is -0.828. The van der Waals surface area contributed by atoms with E-state index >= 15 is 0 Å². The van der Waals surface area contributed by atoms with Gasteiger partial charge in [-0.25, -0.2) is 9.80 Å². The SMILES string of the molecule is CCC[C@H](O)C[C@H](C)N1CCC(=O)N1CCc1ccc(C(=O)O)cc1. The van der Waals surface area contributed by atoms with E-state index in [0.717, 1.165) is 18.4 Å². The lowest BCUT2D eigenvalue weighted by atomic mass is 10.1. The Balaban J connectivity index is 1.93. The molecule has 0 aromatic heterocycles. The summed E-state index contributed by atoms with van der Waals surface area (Å²) in [4.78, 5) is 23.1. The second kappa shape index (κ2) is 8.97. The second-order valence-corrected chi connectivity index (χ2v) is 6.71. The Kier molecular flexibility index (Phi) is 6.96. The summed E-state index contributed by atoms with van der Waals surface area (Å²) in [6.07, 6.45) is 3.23. The number of carbonyl (C=O) groups is 2. The van der Waals surface area contributed by atoms with Gasteiger partial charge in [-0.2, -0.15) is 0 Å². The van der Waals surface area contributed by atoms with Gasteiger partial charge in [-0.1, -0.05) is 25.5 Å². The van der Waals surface area contributed by atoms with Crippen molar-refractivity contribution in [3.8, 4) is 0 Å². The molecular formula is C19H28N2O4. The van der Waals surface area contributed by atoms with Crippen molar-refractivity contribution in [3.63, 3.8) is 0 Å². The smallest absolute Gasteiger partial charge is 0.335 e. The number of aliphatic hydroxyl groups is 1. The van der Waals surface area contributed by atoms with Crippen LogP contribution in [0.3, 0.4) is 0 Å². The molecule has 1 fully saturated rings. The number of aliphatic hydroxyl groups excluding tert-OH is 1. The molecule has 0 spiro atoms. The van der Waals surface area contributed by atoms with E-state index in [0.29, 0.717) is 32.4 Å². The van der Waals surface area contributed by atoms with Gasteiger partial charge >= 0.3 is 5.97 Å². The number of aromatic carboxylic acids is 1. The molecule has 1 aliphatic heterocycles. The van der Waals surface area contributed by atoms with Crippen LogP contribution in [0.5, 0.6) is 0 Å². The summed E-state index contributed by atoms with van der Waals surface area (Å²) in [5, 5.41) is 22.8. The van der Waals surface area contributed by atoms with E-state index in [2.05, 4.69) is 11.9 Å². The normalized spacial score (nSPS) is 17.7. The van der Waals surface area contributed by atoms with Crippen LogP contribution in [0.1, 0.15) is 55.5 Å². The first kappa shape index (κ1) is 19.4. The quantitative estimate of drug-likeness (QED) is 0.716. The summed E-state index contributed by atoms with van der Waals surface area (Å²) in [6.45, 7) is 5.36. The number of amides is 1. The molecule has 1 amide bonds. The number of hydrogen-bond donors (Lipinski definition) is 2. The summed E-state index contributed by atoms with van der Waals surface area (Å²) < 4.78 is 0. The molecule has 2 atom stereocenters. The van der Waals surface area contributed by atoms with Crippen LogP contribution in [0.4, 0.5) is 0 Å². The zero-order valence-electron chi connectivity index (χ0n) is 15.0. The molecule has 1 saturated heterocycles. The minimum absolute atomic E-state index is 0.110. The third kappa shape index (κ3) is 5.28. The standard InChI is InChI=1S/C19H28N2O4/c1-3-4-17(22)13-14(2)20-12-10-18(23)21(20)11-9-15-5-7-16(8-6-15)19(24)25/h5-8,14,17,22H,3-4,9-13H2,1-2H3,(H,24,25)/t14-,17-/m0/s1. The lowest BCUT2D eigenvalue weighted by Gasteiger charge is -2.34. The number of carbonyl (C=O) groups excluding carboxylic acids is 1. The molecule has 0 aliphatic carbocycles. The van der Waals surface area contributed by atoms with E-state index in [-0.39, 0.29) is 23.6 Å². The topological polar surface area (TPSA) is 81.1 Å². The minimum atomic E-state index is -0.938. The number of benzene rings is 1. The summed E-state index contributed by atoms with van der Waals surface area (Å²) in [7, 11) is 0. The van der Waals surface area contributed by atoms with Crippen molar-refractivity contribution < 1.29 is 19.8 Å². The first-order valence-electron chi connectivity index (χ1n) is 8.99. The molecule has 6 nitrogen and oxygen atoms in total. The van der Waals surface area contributed by atoms with Gasteiger partial charge in [0.2, 0.25) is 5.91 Å². The highest BCUT2D eigenvalue weighted by molar-refractivity contribution is 5.87. The summed E-state index contributed by atoms with van der Waals surface area (Å²) in [6, 6.07) is 6.88. The first-order chi connectivity index (χ1) is 11.9.